The van der Waals surface area contributed by atoms with E-state index in [9.17, 15) is 4.79 Å². The number of nitrogens with zero attached hydrogens (tertiary/aromatic N) is 2. The highest BCUT2D eigenvalue weighted by Gasteiger charge is 2.42. The molecule has 2 fully saturated rings. The Morgan fingerprint density at radius 3 is 2.52 bits per heavy atom. The molecule has 0 radical (unpaired) electrons. The number of benzene rings is 1. The van der Waals surface area contributed by atoms with Crippen molar-refractivity contribution in [3.63, 3.8) is 0 Å². The van der Waals surface area contributed by atoms with Gasteiger partial charge in [0, 0.05) is 25.7 Å². The molecular formula is C21H32N2O2. The number of rotatable bonds is 5. The number of ether oxygens (including phenoxy) is 1. The molecule has 0 saturated carbocycles. The van der Waals surface area contributed by atoms with Gasteiger partial charge in [-0.05, 0) is 44.3 Å². The lowest BCUT2D eigenvalue weighted by atomic mass is 9.81. The molecule has 2 aliphatic rings. The maximum atomic E-state index is 12.6. The van der Waals surface area contributed by atoms with Crippen molar-refractivity contribution in [1.29, 1.82) is 0 Å². The van der Waals surface area contributed by atoms with E-state index in [1.807, 2.05) is 35.2 Å². The second kappa shape index (κ2) is 8.33. The van der Waals surface area contributed by atoms with Crippen molar-refractivity contribution < 1.29 is 9.53 Å². The molecule has 0 aliphatic carbocycles. The van der Waals surface area contributed by atoms with Crippen LogP contribution in [0.4, 0.5) is 0 Å². The third kappa shape index (κ3) is 4.42. The average Bonchev–Trinajstić information content (AvgIpc) is 2.64. The fourth-order valence-electron chi connectivity index (χ4n) is 4.45. The largest absolute Gasteiger partial charge is 0.375 e. The maximum Gasteiger partial charge on any atom is 0.226 e. The minimum absolute atomic E-state index is 0.00493. The number of likely N-dealkylation sites (tertiary alicyclic amines) is 1. The van der Waals surface area contributed by atoms with E-state index in [1.54, 1.807) is 0 Å². The summed E-state index contributed by atoms with van der Waals surface area (Å²) in [6.07, 6.45) is 4.73. The highest BCUT2D eigenvalue weighted by molar-refractivity contribution is 5.78. The number of carbonyl (C=O) groups is 1. The summed E-state index contributed by atoms with van der Waals surface area (Å²) in [7, 11) is 0. The predicted octanol–water partition coefficient (Wildman–Crippen LogP) is 3.11. The molecule has 25 heavy (non-hydrogen) atoms. The van der Waals surface area contributed by atoms with Gasteiger partial charge in [-0.15, -0.1) is 0 Å². The molecule has 1 atom stereocenters. The second-order valence-electron chi connectivity index (χ2n) is 7.44. The van der Waals surface area contributed by atoms with Crippen molar-refractivity contribution in [2.75, 3.05) is 32.8 Å². The Morgan fingerprint density at radius 2 is 1.88 bits per heavy atom. The summed E-state index contributed by atoms with van der Waals surface area (Å²) in [4.78, 5) is 17.2. The van der Waals surface area contributed by atoms with Gasteiger partial charge >= 0.3 is 0 Å². The van der Waals surface area contributed by atoms with Crippen LogP contribution >= 0.6 is 0 Å². The van der Waals surface area contributed by atoms with Gasteiger partial charge in [-0.2, -0.15) is 0 Å². The van der Waals surface area contributed by atoms with Gasteiger partial charge in [0.25, 0.3) is 0 Å². The fraction of sp³-hybridized carbons (Fsp3) is 0.667. The van der Waals surface area contributed by atoms with Gasteiger partial charge in [-0.1, -0.05) is 44.2 Å². The number of carbonyl (C=O) groups excluding carboxylic acids is 1. The highest BCUT2D eigenvalue weighted by atomic mass is 16.5. The van der Waals surface area contributed by atoms with Crippen molar-refractivity contribution in [2.24, 2.45) is 0 Å². The van der Waals surface area contributed by atoms with Crippen LogP contribution in [0.3, 0.4) is 0 Å². The number of piperidine rings is 1. The SMILES string of the molecule is CCN(CC)C1CCOC2(CCN(C(=O)Cc3ccccc3)CC2)C1. The maximum absolute atomic E-state index is 12.6. The normalized spacial score (nSPS) is 23.2. The van der Waals surface area contributed by atoms with Crippen molar-refractivity contribution in [1.82, 2.24) is 9.80 Å². The number of hydrogen-bond donors (Lipinski definition) is 0. The fourth-order valence-corrected chi connectivity index (χ4v) is 4.45. The molecule has 4 nitrogen and oxygen atoms in total. The van der Waals surface area contributed by atoms with Gasteiger partial charge in [-0.25, -0.2) is 0 Å². The summed E-state index contributed by atoms with van der Waals surface area (Å²) in [5.41, 5.74) is 1.10. The van der Waals surface area contributed by atoms with Crippen molar-refractivity contribution in [3.8, 4) is 0 Å². The second-order valence-corrected chi connectivity index (χ2v) is 7.44. The van der Waals surface area contributed by atoms with E-state index in [4.69, 9.17) is 4.74 Å². The molecule has 2 heterocycles. The van der Waals surface area contributed by atoms with Gasteiger partial charge in [-0.3, -0.25) is 4.79 Å². The molecule has 138 valence electrons. The quantitative estimate of drug-likeness (QED) is 0.823. The first-order chi connectivity index (χ1) is 12.2. The first-order valence-corrected chi connectivity index (χ1v) is 9.85. The standard InChI is InChI=1S/C21H32N2O2/c1-3-22(4-2)19-10-15-25-21(17-19)11-13-23(14-12-21)20(24)16-18-8-6-5-7-9-18/h5-9,19H,3-4,10-17H2,1-2H3. The van der Waals surface area contributed by atoms with Gasteiger partial charge in [0.05, 0.1) is 12.0 Å². The third-order valence-corrected chi connectivity index (χ3v) is 6.02. The zero-order valence-corrected chi connectivity index (χ0v) is 15.7. The summed E-state index contributed by atoms with van der Waals surface area (Å²) < 4.78 is 6.26. The summed E-state index contributed by atoms with van der Waals surface area (Å²) >= 11 is 0. The van der Waals surface area contributed by atoms with Crippen LogP contribution in [0.2, 0.25) is 0 Å². The molecule has 1 aromatic rings. The van der Waals surface area contributed by atoms with E-state index >= 15 is 0 Å². The molecule has 3 rings (SSSR count). The minimum atomic E-state index is -0.00493. The number of amides is 1. The van der Waals surface area contributed by atoms with Crippen molar-refractivity contribution >= 4 is 5.91 Å². The van der Waals surface area contributed by atoms with Gasteiger partial charge in [0.1, 0.15) is 0 Å². The minimum Gasteiger partial charge on any atom is -0.375 e. The first kappa shape index (κ1) is 18.4. The Balaban J connectivity index is 1.54. The van der Waals surface area contributed by atoms with E-state index < -0.39 is 0 Å². The Labute approximate surface area is 152 Å². The van der Waals surface area contributed by atoms with Gasteiger partial charge < -0.3 is 14.5 Å². The van der Waals surface area contributed by atoms with Crippen LogP contribution < -0.4 is 0 Å². The van der Waals surface area contributed by atoms with Gasteiger partial charge in [0.15, 0.2) is 0 Å². The molecule has 0 N–H and O–H groups in total. The third-order valence-electron chi connectivity index (χ3n) is 6.02. The van der Waals surface area contributed by atoms with E-state index in [2.05, 4.69) is 18.7 Å². The molecule has 2 saturated heterocycles. The lowest BCUT2D eigenvalue weighted by molar-refractivity contribution is -0.148. The molecule has 1 spiro atoms. The topological polar surface area (TPSA) is 32.8 Å². The van der Waals surface area contributed by atoms with Crippen LogP contribution in [0.5, 0.6) is 0 Å². The lowest BCUT2D eigenvalue weighted by Gasteiger charge is -2.48. The smallest absolute Gasteiger partial charge is 0.226 e. The van der Waals surface area contributed by atoms with Crippen LogP contribution in [-0.2, 0) is 16.0 Å². The summed E-state index contributed by atoms with van der Waals surface area (Å²) in [5, 5.41) is 0. The Bertz CT molecular complexity index is 548. The average molecular weight is 344 g/mol. The molecule has 1 aromatic carbocycles. The Morgan fingerprint density at radius 1 is 1.20 bits per heavy atom. The molecule has 4 heteroatoms. The monoisotopic (exact) mass is 344 g/mol. The predicted molar refractivity (Wildman–Crippen MR) is 101 cm³/mol. The Hall–Kier alpha value is -1.39. The number of hydrogen-bond acceptors (Lipinski definition) is 3. The molecule has 0 aromatic heterocycles. The summed E-state index contributed by atoms with van der Waals surface area (Å²) in [5.74, 6) is 0.247. The van der Waals surface area contributed by atoms with Gasteiger partial charge in [0.2, 0.25) is 5.91 Å². The van der Waals surface area contributed by atoms with E-state index in [-0.39, 0.29) is 11.5 Å². The zero-order valence-electron chi connectivity index (χ0n) is 15.7. The lowest BCUT2D eigenvalue weighted by Crippen LogP contribution is -2.54. The van der Waals surface area contributed by atoms with Crippen molar-refractivity contribution in [2.45, 2.75) is 57.6 Å². The van der Waals surface area contributed by atoms with Crippen LogP contribution in [0.25, 0.3) is 0 Å². The highest BCUT2D eigenvalue weighted by Crippen LogP contribution is 2.36. The summed E-state index contributed by atoms with van der Waals surface area (Å²) in [6, 6.07) is 10.7. The molecule has 0 bridgehead atoms. The van der Waals surface area contributed by atoms with E-state index in [0.29, 0.717) is 12.5 Å². The molecule has 1 amide bonds. The van der Waals surface area contributed by atoms with E-state index in [0.717, 1.165) is 64.0 Å². The Kier molecular flexibility index (Phi) is 6.13. The van der Waals surface area contributed by atoms with Crippen LogP contribution in [0, 0.1) is 0 Å². The molecule has 2 aliphatic heterocycles. The molecular weight excluding hydrogens is 312 g/mol. The van der Waals surface area contributed by atoms with Crippen molar-refractivity contribution in [3.05, 3.63) is 35.9 Å². The first-order valence-electron chi connectivity index (χ1n) is 9.85. The molecule has 1 unspecified atom stereocenters. The van der Waals surface area contributed by atoms with Crippen LogP contribution in [0.1, 0.15) is 45.1 Å². The van der Waals surface area contributed by atoms with Crippen LogP contribution in [0.15, 0.2) is 30.3 Å². The zero-order chi connectivity index (χ0) is 17.7. The summed E-state index contributed by atoms with van der Waals surface area (Å²) in [6.45, 7) is 9.23. The van der Waals surface area contributed by atoms with Crippen LogP contribution in [-0.4, -0.2) is 60.1 Å². The van der Waals surface area contributed by atoms with E-state index in [1.165, 1.54) is 0 Å².